The first kappa shape index (κ1) is 30.6. The number of rotatable bonds is 8. The van der Waals surface area contributed by atoms with Crippen molar-refractivity contribution in [3.63, 3.8) is 0 Å². The minimum atomic E-state index is -1.66. The molecule has 0 N–H and O–H groups in total. The fourth-order valence-electron chi connectivity index (χ4n) is 10.2. The Morgan fingerprint density at radius 2 is 1.54 bits per heavy atom. The molecule has 0 bridgehead atoms. The van der Waals surface area contributed by atoms with Crippen LogP contribution in [0.5, 0.6) is 0 Å². The molecule has 2 saturated carbocycles. The van der Waals surface area contributed by atoms with Gasteiger partial charge in [0.15, 0.2) is 8.32 Å². The van der Waals surface area contributed by atoms with Crippen LogP contribution in [0.3, 0.4) is 0 Å². The van der Waals surface area contributed by atoms with Crippen LogP contribution in [0.15, 0.2) is 11.1 Å². The van der Waals surface area contributed by atoms with Gasteiger partial charge in [0.25, 0.3) is 0 Å². The minimum absolute atomic E-state index is 0.258. The van der Waals surface area contributed by atoms with E-state index in [9.17, 15) is 0 Å². The third-order valence-electron chi connectivity index (χ3n) is 13.7. The van der Waals surface area contributed by atoms with E-state index in [4.69, 9.17) is 4.43 Å². The lowest BCUT2D eigenvalue weighted by Gasteiger charge is -2.63. The highest BCUT2D eigenvalue weighted by Crippen LogP contribution is 2.72. The molecule has 1 nitrogen and oxygen atoms in total. The Balaban J connectivity index is 1.60. The summed E-state index contributed by atoms with van der Waals surface area (Å²) in [6, 6.07) is 0. The molecule has 3 heteroatoms. The number of allylic oxidation sites excluding steroid dienone is 2. The quantitative estimate of drug-likeness (QED) is 0.111. The van der Waals surface area contributed by atoms with Crippen LogP contribution in [-0.2, 0) is 4.43 Å². The Bertz CT molecular complexity index is 875. The first-order chi connectivity index (χ1) is 17.0. The summed E-state index contributed by atoms with van der Waals surface area (Å²) in [5.74, 6) is 3.40. The summed E-state index contributed by atoms with van der Waals surface area (Å²) in [5, 5.41) is 0. The topological polar surface area (TPSA) is 9.23 Å². The molecule has 2 fully saturated rings. The standard InChI is InChI=1S/C34H61IOSi/c1-23(2)37(10,11)36-30-18-19-32(7)27-17-21-33(8)26(25(4)13-12-24(3)22-35)16-20-34(33,9)28(27)14-15-29(32)31(30,5)6/h23-26,29-30H,12-22H2,1-11H3/t24?,25?,26?,29-,30-,32+,33+,34-/m0/s1. The third kappa shape index (κ3) is 4.91. The Morgan fingerprint density at radius 1 is 0.865 bits per heavy atom. The normalized spacial score (nSPS) is 41.3. The Kier molecular flexibility index (Phi) is 8.67. The highest BCUT2D eigenvalue weighted by atomic mass is 127. The molecule has 3 unspecified atom stereocenters. The molecule has 0 aromatic rings. The summed E-state index contributed by atoms with van der Waals surface area (Å²) in [6.07, 6.45) is 14.3. The van der Waals surface area contributed by atoms with Crippen LogP contribution in [0.1, 0.15) is 127 Å². The van der Waals surface area contributed by atoms with Crippen LogP contribution in [-0.4, -0.2) is 18.8 Å². The summed E-state index contributed by atoms with van der Waals surface area (Å²) >= 11 is 2.58. The summed E-state index contributed by atoms with van der Waals surface area (Å²) in [7, 11) is -1.66. The van der Waals surface area contributed by atoms with E-state index < -0.39 is 8.32 Å². The molecule has 8 atom stereocenters. The number of halogens is 1. The molecule has 0 heterocycles. The van der Waals surface area contributed by atoms with Crippen molar-refractivity contribution < 1.29 is 4.43 Å². The van der Waals surface area contributed by atoms with Crippen LogP contribution >= 0.6 is 22.6 Å². The van der Waals surface area contributed by atoms with Gasteiger partial charge in [-0.1, -0.05) is 102 Å². The predicted molar refractivity (Wildman–Crippen MR) is 173 cm³/mol. The zero-order valence-corrected chi connectivity index (χ0v) is 29.7. The number of hydrogen-bond donors (Lipinski definition) is 0. The number of hydrogen-bond acceptors (Lipinski definition) is 1. The van der Waals surface area contributed by atoms with Gasteiger partial charge in [-0.3, -0.25) is 0 Å². The molecule has 0 saturated heterocycles. The van der Waals surface area contributed by atoms with Crippen LogP contribution in [0.2, 0.25) is 18.6 Å². The molecular weight excluding hydrogens is 579 g/mol. The molecule has 4 aliphatic rings. The molecule has 0 aromatic carbocycles. The van der Waals surface area contributed by atoms with E-state index in [0.29, 0.717) is 27.9 Å². The molecular formula is C34H61IOSi. The smallest absolute Gasteiger partial charge is 0.189 e. The molecule has 0 aliphatic heterocycles. The van der Waals surface area contributed by atoms with Crippen molar-refractivity contribution in [3.8, 4) is 0 Å². The lowest BCUT2D eigenvalue weighted by Crippen LogP contribution is -2.57. The fraction of sp³-hybridized carbons (Fsp3) is 0.941. The molecule has 37 heavy (non-hydrogen) atoms. The largest absolute Gasteiger partial charge is 0.414 e. The van der Waals surface area contributed by atoms with Gasteiger partial charge >= 0.3 is 0 Å². The molecule has 4 rings (SSSR count). The minimum Gasteiger partial charge on any atom is -0.414 e. The maximum Gasteiger partial charge on any atom is 0.189 e. The van der Waals surface area contributed by atoms with Gasteiger partial charge in [-0.15, -0.1) is 0 Å². The van der Waals surface area contributed by atoms with Gasteiger partial charge < -0.3 is 4.43 Å². The van der Waals surface area contributed by atoms with E-state index >= 15 is 0 Å². The van der Waals surface area contributed by atoms with Crippen LogP contribution in [0.25, 0.3) is 0 Å². The van der Waals surface area contributed by atoms with E-state index in [1.807, 2.05) is 11.1 Å². The van der Waals surface area contributed by atoms with Crippen LogP contribution < -0.4 is 0 Å². The van der Waals surface area contributed by atoms with Gasteiger partial charge in [-0.25, -0.2) is 0 Å². The van der Waals surface area contributed by atoms with Gasteiger partial charge in [0.1, 0.15) is 0 Å². The van der Waals surface area contributed by atoms with Crippen LogP contribution in [0.4, 0.5) is 0 Å². The third-order valence-corrected chi connectivity index (χ3v) is 18.8. The molecule has 4 aliphatic carbocycles. The number of alkyl halides is 1. The van der Waals surface area contributed by atoms with Crippen molar-refractivity contribution in [3.05, 3.63) is 11.1 Å². The molecule has 0 aromatic heterocycles. The van der Waals surface area contributed by atoms with Gasteiger partial charge in [-0.05, 0) is 122 Å². The van der Waals surface area contributed by atoms with Crippen molar-refractivity contribution in [2.75, 3.05) is 4.43 Å². The second-order valence-electron chi connectivity index (χ2n) is 16.4. The lowest BCUT2D eigenvalue weighted by molar-refractivity contribution is -0.0894. The predicted octanol–water partition coefficient (Wildman–Crippen LogP) is 11.2. The molecule has 0 radical (unpaired) electrons. The van der Waals surface area contributed by atoms with E-state index in [1.54, 1.807) is 0 Å². The first-order valence-corrected chi connectivity index (χ1v) is 20.5. The van der Waals surface area contributed by atoms with E-state index in [-0.39, 0.29) is 5.41 Å². The molecule has 0 amide bonds. The monoisotopic (exact) mass is 640 g/mol. The Morgan fingerprint density at radius 3 is 2.16 bits per heavy atom. The van der Waals surface area contributed by atoms with Gasteiger partial charge in [-0.2, -0.15) is 0 Å². The second kappa shape index (κ2) is 10.5. The Hall–Kier alpha value is 0.647. The van der Waals surface area contributed by atoms with Crippen molar-refractivity contribution in [1.29, 1.82) is 0 Å². The van der Waals surface area contributed by atoms with Gasteiger partial charge in [0, 0.05) is 4.43 Å². The molecule has 0 spiro atoms. The zero-order chi connectivity index (χ0) is 27.6. The van der Waals surface area contributed by atoms with Gasteiger partial charge in [0.05, 0.1) is 6.10 Å². The maximum atomic E-state index is 7.10. The fourth-order valence-corrected chi connectivity index (χ4v) is 12.0. The summed E-state index contributed by atoms with van der Waals surface area (Å²) in [6.45, 7) is 28.0. The van der Waals surface area contributed by atoms with Crippen molar-refractivity contribution in [2.24, 2.45) is 45.3 Å². The highest BCUT2D eigenvalue weighted by molar-refractivity contribution is 14.1. The van der Waals surface area contributed by atoms with Crippen molar-refractivity contribution in [2.45, 2.75) is 151 Å². The summed E-state index contributed by atoms with van der Waals surface area (Å²) in [5.41, 5.74) is 6.11. The lowest BCUT2D eigenvalue weighted by atomic mass is 9.43. The summed E-state index contributed by atoms with van der Waals surface area (Å²) < 4.78 is 8.41. The SMILES string of the molecule is CC(CI)CCC(C)C1CC[C@@]2(C)C3=C(CC[C@]12C)[C@@]1(C)CC[C@H](O[Si](C)(C)C(C)C)C(C)(C)[C@@H]1CC3. The molecule has 214 valence electrons. The average Bonchev–Trinajstić information content (AvgIpc) is 3.10. The average molecular weight is 641 g/mol. The van der Waals surface area contributed by atoms with Crippen molar-refractivity contribution in [1.82, 2.24) is 0 Å². The number of fused-ring (bicyclic) bond motifs is 4. The maximum absolute atomic E-state index is 7.10. The van der Waals surface area contributed by atoms with Crippen LogP contribution in [0, 0.1) is 45.3 Å². The second-order valence-corrected chi connectivity index (χ2v) is 21.9. The van der Waals surface area contributed by atoms with E-state index in [1.165, 1.54) is 68.6 Å². The van der Waals surface area contributed by atoms with Gasteiger partial charge in [0.2, 0.25) is 0 Å². The zero-order valence-electron chi connectivity index (χ0n) is 26.5. The van der Waals surface area contributed by atoms with E-state index in [2.05, 4.69) is 98.0 Å². The summed E-state index contributed by atoms with van der Waals surface area (Å²) in [4.78, 5) is 0. The first-order valence-electron chi connectivity index (χ1n) is 16.0. The van der Waals surface area contributed by atoms with E-state index in [0.717, 1.165) is 23.7 Å². The highest BCUT2D eigenvalue weighted by Gasteiger charge is 2.63. The Labute approximate surface area is 246 Å². The van der Waals surface area contributed by atoms with Crippen molar-refractivity contribution >= 4 is 30.9 Å².